The van der Waals surface area contributed by atoms with E-state index >= 15 is 0 Å². The Bertz CT molecular complexity index is 532. The van der Waals surface area contributed by atoms with Gasteiger partial charge in [-0.15, -0.1) is 0 Å². The molecular weight excluding hydrogens is 258 g/mol. The molecule has 0 saturated carbocycles. The van der Waals surface area contributed by atoms with Crippen molar-refractivity contribution >= 4 is 0 Å². The maximum Gasteiger partial charge on any atom is 0.0557 e. The highest BCUT2D eigenvalue weighted by Crippen LogP contribution is 2.36. The molecular formula is C18H27N3. The van der Waals surface area contributed by atoms with E-state index in [0.717, 1.165) is 25.1 Å². The molecule has 2 rings (SSSR count). The Labute approximate surface area is 128 Å². The molecule has 0 aliphatic rings. The average molecular weight is 285 g/mol. The summed E-state index contributed by atoms with van der Waals surface area (Å²) in [5.41, 5.74) is 9.13. The van der Waals surface area contributed by atoms with Gasteiger partial charge in [0, 0.05) is 18.7 Å². The van der Waals surface area contributed by atoms with E-state index in [1.54, 1.807) is 0 Å². The molecule has 1 aromatic carbocycles. The molecule has 0 aliphatic carbocycles. The van der Waals surface area contributed by atoms with Crippen LogP contribution in [-0.4, -0.2) is 9.78 Å². The normalized spacial score (nSPS) is 15.6. The maximum absolute atomic E-state index is 6.66. The van der Waals surface area contributed by atoms with Crippen LogP contribution in [0.2, 0.25) is 0 Å². The van der Waals surface area contributed by atoms with Crippen LogP contribution in [-0.2, 0) is 6.54 Å². The van der Waals surface area contributed by atoms with Crippen molar-refractivity contribution in [3.8, 4) is 0 Å². The minimum atomic E-state index is -0.0172. The van der Waals surface area contributed by atoms with Gasteiger partial charge in [-0.1, -0.05) is 57.5 Å². The molecule has 21 heavy (non-hydrogen) atoms. The summed E-state index contributed by atoms with van der Waals surface area (Å²) in [5.74, 6) is 0.857. The Hall–Kier alpha value is -1.61. The van der Waals surface area contributed by atoms with E-state index in [2.05, 4.69) is 66.9 Å². The Kier molecular flexibility index (Phi) is 5.57. The van der Waals surface area contributed by atoms with Crippen LogP contribution in [0, 0.1) is 5.92 Å². The second kappa shape index (κ2) is 7.41. The lowest BCUT2D eigenvalue weighted by Crippen LogP contribution is -2.27. The third kappa shape index (κ3) is 3.53. The third-order valence-corrected chi connectivity index (χ3v) is 4.35. The fourth-order valence-corrected chi connectivity index (χ4v) is 3.03. The average Bonchev–Trinajstić information content (AvgIpc) is 2.97. The molecule has 3 nitrogen and oxygen atoms in total. The standard InChI is InChI=1S/C18H27N3/c1-4-13-21-16(11-12-20-21)18(19)17(14(3)5-2)15-9-7-6-8-10-15/h6-12,14,17-18H,4-5,13,19H2,1-3H3. The number of nitrogens with two attached hydrogens (primary N) is 1. The lowest BCUT2D eigenvalue weighted by molar-refractivity contribution is 0.370. The lowest BCUT2D eigenvalue weighted by atomic mass is 9.79. The van der Waals surface area contributed by atoms with Crippen molar-refractivity contribution in [2.45, 2.75) is 52.1 Å². The monoisotopic (exact) mass is 285 g/mol. The van der Waals surface area contributed by atoms with Crippen LogP contribution in [0.4, 0.5) is 0 Å². The van der Waals surface area contributed by atoms with Crippen molar-refractivity contribution in [1.29, 1.82) is 0 Å². The number of hydrogen-bond donors (Lipinski definition) is 1. The van der Waals surface area contributed by atoms with Gasteiger partial charge in [-0.2, -0.15) is 5.10 Å². The van der Waals surface area contributed by atoms with Crippen LogP contribution in [0.1, 0.15) is 56.8 Å². The Balaban J connectivity index is 2.34. The summed E-state index contributed by atoms with van der Waals surface area (Å²) >= 11 is 0. The molecule has 0 bridgehead atoms. The van der Waals surface area contributed by atoms with Crippen LogP contribution < -0.4 is 5.73 Å². The van der Waals surface area contributed by atoms with Crippen LogP contribution in [0.3, 0.4) is 0 Å². The van der Waals surface area contributed by atoms with E-state index in [9.17, 15) is 0 Å². The first-order valence-electron chi connectivity index (χ1n) is 8.01. The number of aryl methyl sites for hydroxylation is 1. The van der Waals surface area contributed by atoms with Gasteiger partial charge in [0.05, 0.1) is 11.7 Å². The van der Waals surface area contributed by atoms with Crippen LogP contribution >= 0.6 is 0 Å². The molecule has 1 heterocycles. The van der Waals surface area contributed by atoms with E-state index in [4.69, 9.17) is 5.73 Å². The molecule has 0 saturated heterocycles. The minimum Gasteiger partial charge on any atom is -0.322 e. The van der Waals surface area contributed by atoms with E-state index < -0.39 is 0 Å². The molecule has 3 atom stereocenters. The molecule has 3 heteroatoms. The first-order chi connectivity index (χ1) is 10.2. The highest BCUT2D eigenvalue weighted by molar-refractivity contribution is 5.25. The SMILES string of the molecule is CCCn1nccc1C(N)C(c1ccccc1)C(C)CC. The molecule has 2 N–H and O–H groups in total. The first kappa shape index (κ1) is 15.8. The summed E-state index contributed by atoms with van der Waals surface area (Å²) < 4.78 is 2.06. The van der Waals surface area contributed by atoms with Crippen molar-refractivity contribution in [3.63, 3.8) is 0 Å². The fraction of sp³-hybridized carbons (Fsp3) is 0.500. The summed E-state index contributed by atoms with van der Waals surface area (Å²) in [5, 5.41) is 4.42. The molecule has 1 aromatic heterocycles. The number of aromatic nitrogens is 2. The van der Waals surface area contributed by atoms with Crippen molar-refractivity contribution in [2.75, 3.05) is 0 Å². The Morgan fingerprint density at radius 2 is 1.86 bits per heavy atom. The largest absolute Gasteiger partial charge is 0.322 e. The van der Waals surface area contributed by atoms with E-state index in [1.165, 1.54) is 5.56 Å². The van der Waals surface area contributed by atoms with E-state index in [-0.39, 0.29) is 6.04 Å². The second-order valence-electron chi connectivity index (χ2n) is 5.83. The maximum atomic E-state index is 6.66. The highest BCUT2D eigenvalue weighted by atomic mass is 15.3. The highest BCUT2D eigenvalue weighted by Gasteiger charge is 2.28. The summed E-state index contributed by atoms with van der Waals surface area (Å²) in [7, 11) is 0. The Morgan fingerprint density at radius 1 is 1.14 bits per heavy atom. The fourth-order valence-electron chi connectivity index (χ4n) is 3.03. The number of benzene rings is 1. The summed E-state index contributed by atoms with van der Waals surface area (Å²) in [4.78, 5) is 0. The Morgan fingerprint density at radius 3 is 2.48 bits per heavy atom. The van der Waals surface area contributed by atoms with Gasteiger partial charge in [-0.25, -0.2) is 0 Å². The van der Waals surface area contributed by atoms with Crippen molar-refractivity contribution in [3.05, 3.63) is 53.9 Å². The molecule has 0 radical (unpaired) electrons. The third-order valence-electron chi connectivity index (χ3n) is 4.35. The second-order valence-corrected chi connectivity index (χ2v) is 5.83. The molecule has 0 spiro atoms. The van der Waals surface area contributed by atoms with Crippen LogP contribution in [0.15, 0.2) is 42.6 Å². The topological polar surface area (TPSA) is 43.8 Å². The zero-order chi connectivity index (χ0) is 15.2. The van der Waals surface area contributed by atoms with Gasteiger partial charge in [0.25, 0.3) is 0 Å². The van der Waals surface area contributed by atoms with Crippen molar-refractivity contribution in [1.82, 2.24) is 9.78 Å². The van der Waals surface area contributed by atoms with Crippen LogP contribution in [0.5, 0.6) is 0 Å². The summed E-state index contributed by atoms with van der Waals surface area (Å²) in [6, 6.07) is 12.7. The van der Waals surface area contributed by atoms with Crippen LogP contribution in [0.25, 0.3) is 0 Å². The number of nitrogens with zero attached hydrogens (tertiary/aromatic N) is 2. The van der Waals surface area contributed by atoms with Gasteiger partial charge in [-0.05, 0) is 24.0 Å². The van der Waals surface area contributed by atoms with Crippen molar-refractivity contribution in [2.24, 2.45) is 11.7 Å². The van der Waals surface area contributed by atoms with Gasteiger partial charge in [0.2, 0.25) is 0 Å². The predicted molar refractivity (Wildman–Crippen MR) is 88.1 cm³/mol. The van der Waals surface area contributed by atoms with Gasteiger partial charge in [0.15, 0.2) is 0 Å². The van der Waals surface area contributed by atoms with E-state index in [0.29, 0.717) is 11.8 Å². The molecule has 114 valence electrons. The zero-order valence-electron chi connectivity index (χ0n) is 13.4. The number of hydrogen-bond acceptors (Lipinski definition) is 2. The quantitative estimate of drug-likeness (QED) is 0.831. The summed E-state index contributed by atoms with van der Waals surface area (Å²) in [6.45, 7) is 7.62. The molecule has 0 amide bonds. The lowest BCUT2D eigenvalue weighted by Gasteiger charge is -2.30. The first-order valence-corrected chi connectivity index (χ1v) is 8.01. The molecule has 0 fully saturated rings. The predicted octanol–water partition coefficient (Wildman–Crippen LogP) is 4.12. The molecule has 3 unspecified atom stereocenters. The van der Waals surface area contributed by atoms with E-state index in [1.807, 2.05) is 6.20 Å². The van der Waals surface area contributed by atoms with Gasteiger partial charge in [-0.3, -0.25) is 4.68 Å². The zero-order valence-corrected chi connectivity index (χ0v) is 13.4. The summed E-state index contributed by atoms with van der Waals surface area (Å²) in [6.07, 6.45) is 4.05. The molecule has 2 aromatic rings. The minimum absolute atomic E-state index is 0.0172. The van der Waals surface area contributed by atoms with Gasteiger partial charge < -0.3 is 5.73 Å². The van der Waals surface area contributed by atoms with Crippen molar-refractivity contribution < 1.29 is 0 Å². The smallest absolute Gasteiger partial charge is 0.0557 e. The van der Waals surface area contributed by atoms with Gasteiger partial charge >= 0.3 is 0 Å². The van der Waals surface area contributed by atoms with Gasteiger partial charge in [0.1, 0.15) is 0 Å². The number of rotatable bonds is 7. The molecule has 0 aliphatic heterocycles.